The molecule has 0 radical (unpaired) electrons. The number of rotatable bonds is 4. The first-order chi connectivity index (χ1) is 13.8. The van der Waals surface area contributed by atoms with Crippen molar-refractivity contribution in [3.8, 4) is 23.0 Å². The SMILES string of the molecule is CC.O=C1OCC(Cc2ccc3c(c2)OCO3)C1Cc1ccc2c(c1)OCO2. The van der Waals surface area contributed by atoms with Gasteiger partial charge in [-0.25, -0.2) is 0 Å². The smallest absolute Gasteiger partial charge is 0.309 e. The minimum atomic E-state index is -0.166. The molecule has 3 aliphatic heterocycles. The summed E-state index contributed by atoms with van der Waals surface area (Å²) in [5.41, 5.74) is 2.17. The van der Waals surface area contributed by atoms with Gasteiger partial charge in [-0.2, -0.15) is 0 Å². The van der Waals surface area contributed by atoms with E-state index in [0.29, 0.717) is 13.0 Å². The first kappa shape index (κ1) is 18.5. The molecule has 1 saturated heterocycles. The maximum absolute atomic E-state index is 12.3. The molecule has 1 fully saturated rings. The summed E-state index contributed by atoms with van der Waals surface area (Å²) in [6.07, 6.45) is 1.39. The number of benzene rings is 2. The molecule has 6 heteroatoms. The van der Waals surface area contributed by atoms with E-state index in [9.17, 15) is 4.79 Å². The molecule has 2 unspecified atom stereocenters. The molecule has 3 heterocycles. The Morgan fingerprint density at radius 3 is 1.89 bits per heavy atom. The van der Waals surface area contributed by atoms with Crippen LogP contribution in [0.1, 0.15) is 25.0 Å². The van der Waals surface area contributed by atoms with Crippen LogP contribution in [0, 0.1) is 11.8 Å². The van der Waals surface area contributed by atoms with Crippen LogP contribution in [0.5, 0.6) is 23.0 Å². The van der Waals surface area contributed by atoms with Gasteiger partial charge < -0.3 is 23.7 Å². The fourth-order valence-corrected chi connectivity index (χ4v) is 3.75. The number of esters is 1. The summed E-state index contributed by atoms with van der Waals surface area (Å²) in [5, 5.41) is 0. The highest BCUT2D eigenvalue weighted by Gasteiger charge is 2.37. The molecule has 2 aromatic carbocycles. The minimum absolute atomic E-state index is 0.131. The molecule has 0 N–H and O–H groups in total. The number of cyclic esters (lactones) is 1. The Morgan fingerprint density at radius 2 is 1.29 bits per heavy atom. The fourth-order valence-electron chi connectivity index (χ4n) is 3.75. The van der Waals surface area contributed by atoms with Crippen LogP contribution in [0.15, 0.2) is 36.4 Å². The summed E-state index contributed by atoms with van der Waals surface area (Å²) in [6, 6.07) is 11.8. The van der Waals surface area contributed by atoms with E-state index in [1.807, 2.05) is 50.2 Å². The largest absolute Gasteiger partial charge is 0.465 e. The number of carbonyl (C=O) groups is 1. The van der Waals surface area contributed by atoms with E-state index in [1.54, 1.807) is 0 Å². The van der Waals surface area contributed by atoms with Crippen molar-refractivity contribution in [3.05, 3.63) is 47.5 Å². The lowest BCUT2D eigenvalue weighted by Crippen LogP contribution is -2.20. The van der Waals surface area contributed by atoms with Gasteiger partial charge in [-0.05, 0) is 48.2 Å². The Hall–Kier alpha value is -2.89. The van der Waals surface area contributed by atoms with Crippen LogP contribution in [0.25, 0.3) is 0 Å². The van der Waals surface area contributed by atoms with Crippen LogP contribution in [0.3, 0.4) is 0 Å². The number of carbonyl (C=O) groups excluding carboxylic acids is 1. The molecule has 2 atom stereocenters. The van der Waals surface area contributed by atoms with Crippen molar-refractivity contribution in [3.63, 3.8) is 0 Å². The van der Waals surface area contributed by atoms with Gasteiger partial charge >= 0.3 is 5.97 Å². The molecular weight excluding hydrogens is 360 g/mol. The molecule has 148 valence electrons. The molecule has 3 aliphatic rings. The zero-order valence-electron chi connectivity index (χ0n) is 16.1. The molecule has 0 aromatic heterocycles. The Bertz CT molecular complexity index is 862. The van der Waals surface area contributed by atoms with Crippen LogP contribution in [-0.2, 0) is 22.4 Å². The molecule has 0 bridgehead atoms. The molecule has 2 aromatic rings. The number of hydrogen-bond acceptors (Lipinski definition) is 6. The summed E-state index contributed by atoms with van der Waals surface area (Å²) < 4.78 is 26.9. The normalized spacial score (nSPS) is 21.1. The van der Waals surface area contributed by atoms with Crippen molar-refractivity contribution in [2.45, 2.75) is 26.7 Å². The lowest BCUT2D eigenvalue weighted by Gasteiger charge is -2.16. The lowest BCUT2D eigenvalue weighted by molar-refractivity contribution is -0.141. The average molecular weight is 384 g/mol. The second kappa shape index (κ2) is 8.00. The zero-order chi connectivity index (χ0) is 19.5. The predicted octanol–water partition coefficient (Wildman–Crippen LogP) is 3.74. The highest BCUT2D eigenvalue weighted by atomic mass is 16.7. The van der Waals surface area contributed by atoms with Crippen LogP contribution >= 0.6 is 0 Å². The van der Waals surface area contributed by atoms with Crippen LogP contribution in [0.2, 0.25) is 0 Å². The summed E-state index contributed by atoms with van der Waals surface area (Å²) in [5.74, 6) is 2.85. The molecule has 0 saturated carbocycles. The first-order valence-electron chi connectivity index (χ1n) is 9.70. The van der Waals surface area contributed by atoms with E-state index >= 15 is 0 Å². The van der Waals surface area contributed by atoms with Gasteiger partial charge in [-0.1, -0.05) is 26.0 Å². The van der Waals surface area contributed by atoms with Gasteiger partial charge in [0, 0.05) is 5.92 Å². The Labute approximate surface area is 164 Å². The van der Waals surface area contributed by atoms with E-state index in [-0.39, 0.29) is 31.4 Å². The summed E-state index contributed by atoms with van der Waals surface area (Å²) >= 11 is 0. The summed E-state index contributed by atoms with van der Waals surface area (Å²) in [7, 11) is 0. The Morgan fingerprint density at radius 1 is 0.750 bits per heavy atom. The highest BCUT2D eigenvalue weighted by Crippen LogP contribution is 2.37. The quantitative estimate of drug-likeness (QED) is 0.749. The second-order valence-electron chi connectivity index (χ2n) is 6.78. The van der Waals surface area contributed by atoms with Gasteiger partial charge in [0.25, 0.3) is 0 Å². The Kier molecular flexibility index (Phi) is 5.28. The average Bonchev–Trinajstić information content (AvgIpc) is 3.45. The molecule has 6 nitrogen and oxygen atoms in total. The summed E-state index contributed by atoms with van der Waals surface area (Å²) in [6.45, 7) is 4.95. The summed E-state index contributed by atoms with van der Waals surface area (Å²) in [4.78, 5) is 12.3. The third-order valence-corrected chi connectivity index (χ3v) is 5.14. The van der Waals surface area contributed by atoms with E-state index in [4.69, 9.17) is 23.7 Å². The standard InChI is InChI=1S/C20H18O6.C2H6/c21-20-15(6-13-2-4-17-19(8-13)26-11-24-17)14(9-22-20)5-12-1-3-16-18(7-12)25-10-23-16;1-2/h1-4,7-8,14-15H,5-6,9-11H2;1-2H3. The Balaban J connectivity index is 0.000000932. The van der Waals surface area contributed by atoms with Gasteiger partial charge in [-0.3, -0.25) is 4.79 Å². The molecule has 5 rings (SSSR count). The fraction of sp³-hybridized carbons (Fsp3) is 0.409. The van der Waals surface area contributed by atoms with Gasteiger partial charge in [-0.15, -0.1) is 0 Å². The second-order valence-corrected chi connectivity index (χ2v) is 6.78. The molecular formula is C22H24O6. The van der Waals surface area contributed by atoms with Crippen molar-refractivity contribution in [2.75, 3.05) is 20.2 Å². The zero-order valence-corrected chi connectivity index (χ0v) is 16.1. The van der Waals surface area contributed by atoms with E-state index in [1.165, 1.54) is 0 Å². The molecule has 0 spiro atoms. The maximum atomic E-state index is 12.3. The predicted molar refractivity (Wildman–Crippen MR) is 102 cm³/mol. The van der Waals surface area contributed by atoms with Gasteiger partial charge in [0.1, 0.15) is 0 Å². The van der Waals surface area contributed by atoms with E-state index < -0.39 is 0 Å². The van der Waals surface area contributed by atoms with Crippen LogP contribution < -0.4 is 18.9 Å². The van der Waals surface area contributed by atoms with Crippen LogP contribution in [0.4, 0.5) is 0 Å². The third kappa shape index (κ3) is 3.59. The van der Waals surface area contributed by atoms with Crippen molar-refractivity contribution in [2.24, 2.45) is 11.8 Å². The minimum Gasteiger partial charge on any atom is -0.465 e. The van der Waals surface area contributed by atoms with E-state index in [0.717, 1.165) is 40.5 Å². The van der Waals surface area contributed by atoms with Gasteiger partial charge in [0.05, 0.1) is 12.5 Å². The first-order valence-corrected chi connectivity index (χ1v) is 9.70. The molecule has 0 aliphatic carbocycles. The number of ether oxygens (including phenoxy) is 5. The molecule has 0 amide bonds. The topological polar surface area (TPSA) is 63.2 Å². The molecule has 28 heavy (non-hydrogen) atoms. The van der Waals surface area contributed by atoms with Gasteiger partial charge in [0.15, 0.2) is 23.0 Å². The van der Waals surface area contributed by atoms with Crippen molar-refractivity contribution >= 4 is 5.97 Å². The monoisotopic (exact) mass is 384 g/mol. The van der Waals surface area contributed by atoms with Gasteiger partial charge in [0.2, 0.25) is 13.6 Å². The maximum Gasteiger partial charge on any atom is 0.309 e. The lowest BCUT2D eigenvalue weighted by atomic mass is 9.85. The van der Waals surface area contributed by atoms with Crippen molar-refractivity contribution < 1.29 is 28.5 Å². The van der Waals surface area contributed by atoms with Crippen molar-refractivity contribution in [1.82, 2.24) is 0 Å². The van der Waals surface area contributed by atoms with E-state index in [2.05, 4.69) is 0 Å². The third-order valence-electron chi connectivity index (χ3n) is 5.14. The highest BCUT2D eigenvalue weighted by molar-refractivity contribution is 5.75. The number of fused-ring (bicyclic) bond motifs is 2. The van der Waals surface area contributed by atoms with Crippen molar-refractivity contribution in [1.29, 1.82) is 0 Å². The van der Waals surface area contributed by atoms with Crippen LogP contribution in [-0.4, -0.2) is 26.2 Å². The number of hydrogen-bond donors (Lipinski definition) is 0.